The van der Waals surface area contributed by atoms with Gasteiger partial charge in [-0.15, -0.1) is 0 Å². The maximum atomic E-state index is 13.6. The Balaban J connectivity index is 4.94. The zero-order valence-electron chi connectivity index (χ0n) is 32.8. The molecular formula is C42H83NO5. The third-order valence-corrected chi connectivity index (χ3v) is 10.1. The average molecular weight is 682 g/mol. The Morgan fingerprint density at radius 3 is 1.17 bits per heavy atom. The van der Waals surface area contributed by atoms with Crippen molar-refractivity contribution in [2.75, 3.05) is 39.5 Å². The van der Waals surface area contributed by atoms with Gasteiger partial charge in [-0.2, -0.15) is 0 Å². The zero-order valence-corrected chi connectivity index (χ0v) is 32.8. The number of ether oxygens (including phenoxy) is 2. The molecule has 0 saturated heterocycles. The Bertz CT molecular complexity index is 666. The predicted molar refractivity (Wildman–Crippen MR) is 204 cm³/mol. The van der Waals surface area contributed by atoms with E-state index in [9.17, 15) is 14.7 Å². The molecule has 0 atom stereocenters. The van der Waals surface area contributed by atoms with Gasteiger partial charge in [0.2, 0.25) is 0 Å². The van der Waals surface area contributed by atoms with Crippen LogP contribution in [0.25, 0.3) is 0 Å². The van der Waals surface area contributed by atoms with E-state index in [-0.39, 0.29) is 18.5 Å². The Morgan fingerprint density at radius 2 is 0.792 bits per heavy atom. The van der Waals surface area contributed by atoms with E-state index in [1.54, 1.807) is 0 Å². The molecule has 0 aromatic heterocycles. The third kappa shape index (κ3) is 25.8. The van der Waals surface area contributed by atoms with Crippen LogP contribution in [-0.4, -0.2) is 61.4 Å². The number of carbonyl (C=O) groups is 2. The van der Waals surface area contributed by atoms with Crippen LogP contribution in [0.3, 0.4) is 0 Å². The summed E-state index contributed by atoms with van der Waals surface area (Å²) in [6.07, 6.45) is 32.8. The highest BCUT2D eigenvalue weighted by atomic mass is 16.6. The molecule has 6 nitrogen and oxygen atoms in total. The van der Waals surface area contributed by atoms with Crippen LogP contribution in [0.1, 0.15) is 214 Å². The van der Waals surface area contributed by atoms with Gasteiger partial charge in [0.15, 0.2) is 5.41 Å². The van der Waals surface area contributed by atoms with Crippen LogP contribution >= 0.6 is 0 Å². The second kappa shape index (κ2) is 35.7. The minimum atomic E-state index is -1.21. The summed E-state index contributed by atoms with van der Waals surface area (Å²) in [6.45, 7) is 12.5. The maximum Gasteiger partial charge on any atom is 0.323 e. The number of hydrogen-bond acceptors (Lipinski definition) is 6. The fraction of sp³-hybridized carbons (Fsp3) is 0.952. The van der Waals surface area contributed by atoms with Crippen LogP contribution in [0.5, 0.6) is 0 Å². The molecule has 0 aromatic carbocycles. The Hall–Kier alpha value is -1.14. The first-order chi connectivity index (χ1) is 23.5. The van der Waals surface area contributed by atoms with E-state index in [0.29, 0.717) is 26.1 Å². The summed E-state index contributed by atoms with van der Waals surface area (Å²) in [5.41, 5.74) is -1.21. The number of carbonyl (C=O) groups excluding carboxylic acids is 2. The van der Waals surface area contributed by atoms with Crippen molar-refractivity contribution in [1.29, 1.82) is 0 Å². The quantitative estimate of drug-likeness (QED) is 0.0397. The molecule has 0 unspecified atom stereocenters. The van der Waals surface area contributed by atoms with Gasteiger partial charge in [-0.05, 0) is 58.0 Å². The fourth-order valence-corrected chi connectivity index (χ4v) is 6.69. The van der Waals surface area contributed by atoms with Gasteiger partial charge in [-0.1, -0.05) is 169 Å². The van der Waals surface area contributed by atoms with Crippen molar-refractivity contribution in [1.82, 2.24) is 4.90 Å². The standard InChI is InChI=1S/C42H83NO5/c1-5-9-12-15-18-21-24-28-34-43(36-32-37-44)35-29-27-33-42(8-4,40(45)47-38-30-25-22-19-16-13-10-6-2)41(46)48-39-31-26-23-20-17-14-11-7-3/h44H,5-39H2,1-4H3. The lowest BCUT2D eigenvalue weighted by Crippen LogP contribution is -2.42. The molecule has 0 saturated carbocycles. The predicted octanol–water partition coefficient (Wildman–Crippen LogP) is 11.7. The number of unbranched alkanes of at least 4 members (excludes halogenated alkanes) is 22. The average Bonchev–Trinajstić information content (AvgIpc) is 3.09. The highest BCUT2D eigenvalue weighted by Gasteiger charge is 2.46. The molecule has 0 amide bonds. The summed E-state index contributed by atoms with van der Waals surface area (Å²) < 4.78 is 11.6. The molecule has 0 heterocycles. The minimum absolute atomic E-state index is 0.211. The van der Waals surface area contributed by atoms with Crippen molar-refractivity contribution in [2.45, 2.75) is 214 Å². The third-order valence-electron chi connectivity index (χ3n) is 10.1. The molecule has 0 bridgehead atoms. The van der Waals surface area contributed by atoms with Crippen LogP contribution in [0, 0.1) is 5.41 Å². The van der Waals surface area contributed by atoms with Crippen LogP contribution in [-0.2, 0) is 19.1 Å². The molecular weight excluding hydrogens is 598 g/mol. The molecule has 1 N–H and O–H groups in total. The summed E-state index contributed by atoms with van der Waals surface area (Å²) in [6, 6.07) is 0. The molecule has 0 fully saturated rings. The van der Waals surface area contributed by atoms with Gasteiger partial charge >= 0.3 is 11.9 Å². The number of hydrogen-bond donors (Lipinski definition) is 1. The molecule has 286 valence electrons. The Kier molecular flexibility index (Phi) is 34.8. The van der Waals surface area contributed by atoms with E-state index in [4.69, 9.17) is 9.47 Å². The van der Waals surface area contributed by atoms with Gasteiger partial charge in [-0.3, -0.25) is 9.59 Å². The topological polar surface area (TPSA) is 76.1 Å². The number of aliphatic hydroxyl groups excluding tert-OH is 1. The van der Waals surface area contributed by atoms with Gasteiger partial charge < -0.3 is 19.5 Å². The summed E-state index contributed by atoms with van der Waals surface area (Å²) >= 11 is 0. The Labute approximate surface area is 299 Å². The van der Waals surface area contributed by atoms with Crippen molar-refractivity contribution in [3.8, 4) is 0 Å². The first-order valence-corrected chi connectivity index (χ1v) is 21.2. The zero-order chi connectivity index (χ0) is 35.4. The van der Waals surface area contributed by atoms with Crippen molar-refractivity contribution in [3.63, 3.8) is 0 Å². The molecule has 0 aliphatic rings. The van der Waals surface area contributed by atoms with Gasteiger partial charge in [0.05, 0.1) is 13.2 Å². The van der Waals surface area contributed by atoms with Crippen LogP contribution in [0.2, 0.25) is 0 Å². The molecule has 0 aliphatic carbocycles. The highest BCUT2D eigenvalue weighted by molar-refractivity contribution is 6.00. The highest BCUT2D eigenvalue weighted by Crippen LogP contribution is 2.33. The molecule has 6 heteroatoms. The maximum absolute atomic E-state index is 13.6. The van der Waals surface area contributed by atoms with E-state index in [1.165, 1.54) is 128 Å². The Morgan fingerprint density at radius 1 is 0.458 bits per heavy atom. The first-order valence-electron chi connectivity index (χ1n) is 21.2. The normalized spacial score (nSPS) is 11.8. The van der Waals surface area contributed by atoms with E-state index in [1.807, 2.05) is 6.92 Å². The number of esters is 2. The van der Waals surface area contributed by atoms with E-state index in [0.717, 1.165) is 64.6 Å². The van der Waals surface area contributed by atoms with Gasteiger partial charge in [-0.25, -0.2) is 0 Å². The molecule has 48 heavy (non-hydrogen) atoms. The molecule has 0 aliphatic heterocycles. The lowest BCUT2D eigenvalue weighted by Gasteiger charge is -2.29. The fourth-order valence-electron chi connectivity index (χ4n) is 6.69. The summed E-state index contributed by atoms with van der Waals surface area (Å²) in [7, 11) is 0. The number of rotatable bonds is 38. The lowest BCUT2D eigenvalue weighted by molar-refractivity contribution is -0.174. The second-order valence-corrected chi connectivity index (χ2v) is 14.5. The minimum Gasteiger partial charge on any atom is -0.465 e. The SMILES string of the molecule is CCCCCCCCCCOC(=O)C(CC)(CCCCN(CCCO)CCCCCCCCCC)C(=O)OCCCCCCCCCC. The van der Waals surface area contributed by atoms with Crippen LogP contribution < -0.4 is 0 Å². The monoisotopic (exact) mass is 682 g/mol. The lowest BCUT2D eigenvalue weighted by atomic mass is 9.80. The van der Waals surface area contributed by atoms with Crippen LogP contribution in [0.4, 0.5) is 0 Å². The van der Waals surface area contributed by atoms with Gasteiger partial charge in [0.25, 0.3) is 0 Å². The van der Waals surface area contributed by atoms with E-state index < -0.39 is 5.41 Å². The largest absolute Gasteiger partial charge is 0.465 e. The summed E-state index contributed by atoms with van der Waals surface area (Å²) in [5, 5.41) is 9.46. The number of aliphatic hydroxyl groups is 1. The first kappa shape index (κ1) is 46.9. The van der Waals surface area contributed by atoms with E-state index >= 15 is 0 Å². The molecule has 0 spiro atoms. The van der Waals surface area contributed by atoms with Crippen molar-refractivity contribution >= 4 is 11.9 Å². The number of nitrogens with zero attached hydrogens (tertiary/aromatic N) is 1. The van der Waals surface area contributed by atoms with Gasteiger partial charge in [0, 0.05) is 13.2 Å². The van der Waals surface area contributed by atoms with E-state index in [2.05, 4.69) is 25.7 Å². The van der Waals surface area contributed by atoms with Crippen molar-refractivity contribution < 1.29 is 24.2 Å². The smallest absolute Gasteiger partial charge is 0.323 e. The summed E-state index contributed by atoms with van der Waals surface area (Å²) in [5.74, 6) is -0.769. The molecule has 0 aromatic rings. The van der Waals surface area contributed by atoms with Gasteiger partial charge in [0.1, 0.15) is 0 Å². The van der Waals surface area contributed by atoms with Crippen LogP contribution in [0.15, 0.2) is 0 Å². The molecule has 0 radical (unpaired) electrons. The van der Waals surface area contributed by atoms with Crippen molar-refractivity contribution in [3.05, 3.63) is 0 Å². The molecule has 0 rings (SSSR count). The summed E-state index contributed by atoms with van der Waals surface area (Å²) in [4.78, 5) is 29.7. The second-order valence-electron chi connectivity index (χ2n) is 14.5. The van der Waals surface area contributed by atoms with Crippen molar-refractivity contribution in [2.24, 2.45) is 5.41 Å².